The first kappa shape index (κ1) is 12.4. The smallest absolute Gasteiger partial charge is 0.306 e. The third-order valence-corrected chi connectivity index (χ3v) is 2.31. The summed E-state index contributed by atoms with van der Waals surface area (Å²) in [4.78, 5) is 11.0. The summed E-state index contributed by atoms with van der Waals surface area (Å²) < 4.78 is 30.5. The Morgan fingerprint density at radius 2 is 1.94 bits per heavy atom. The number of rotatable bonds is 3. The molecule has 1 rings (SSSR count). The lowest BCUT2D eigenvalue weighted by Gasteiger charge is -2.11. The maximum absolute atomic E-state index is 13.0. The summed E-state index contributed by atoms with van der Waals surface area (Å²) in [5.74, 6) is -3.91. The average molecular weight is 230 g/mol. The van der Waals surface area contributed by atoms with E-state index in [-0.39, 0.29) is 12.3 Å². The van der Waals surface area contributed by atoms with Crippen LogP contribution in [0.25, 0.3) is 0 Å². The Labute approximate surface area is 91.7 Å². The van der Waals surface area contributed by atoms with Gasteiger partial charge in [0, 0.05) is 0 Å². The Bertz CT molecular complexity index is 381. The van der Waals surface area contributed by atoms with Gasteiger partial charge in [-0.1, -0.05) is 6.92 Å². The summed E-state index contributed by atoms with van der Waals surface area (Å²) in [7, 11) is 1.24. The topological polar surface area (TPSA) is 46.5 Å². The Hall–Kier alpha value is -1.65. The van der Waals surface area contributed by atoms with Crippen molar-refractivity contribution in [3.63, 3.8) is 0 Å². The van der Waals surface area contributed by atoms with Gasteiger partial charge in [-0.05, 0) is 23.6 Å². The highest BCUT2D eigenvalue weighted by atomic mass is 19.1. The number of phenolic OH excluding ortho intramolecular Hbond substituents is 1. The lowest BCUT2D eigenvalue weighted by molar-refractivity contribution is -0.140. The minimum absolute atomic E-state index is 0.0279. The summed E-state index contributed by atoms with van der Waals surface area (Å²) in [6.07, 6.45) is 0.0279. The normalized spacial score (nSPS) is 12.2. The standard InChI is InChI=1S/C11H12F2O3/c1-6(3-10(14)16-2)7-4-8(12)11(15)9(13)5-7/h4-6,15H,3H2,1-2H3. The van der Waals surface area contributed by atoms with Gasteiger partial charge in [-0.15, -0.1) is 0 Å². The molecule has 16 heavy (non-hydrogen) atoms. The number of hydrogen-bond donors (Lipinski definition) is 1. The molecule has 0 saturated heterocycles. The van der Waals surface area contributed by atoms with E-state index >= 15 is 0 Å². The van der Waals surface area contributed by atoms with E-state index in [2.05, 4.69) is 4.74 Å². The zero-order chi connectivity index (χ0) is 12.3. The zero-order valence-corrected chi connectivity index (χ0v) is 8.96. The van der Waals surface area contributed by atoms with Crippen LogP contribution in [-0.4, -0.2) is 18.2 Å². The lowest BCUT2D eigenvalue weighted by atomic mass is 9.97. The van der Waals surface area contributed by atoms with Crippen molar-refractivity contribution in [1.82, 2.24) is 0 Å². The summed E-state index contributed by atoms with van der Waals surface area (Å²) in [5, 5.41) is 8.90. The molecule has 0 saturated carbocycles. The monoisotopic (exact) mass is 230 g/mol. The molecule has 0 radical (unpaired) electrons. The van der Waals surface area contributed by atoms with Gasteiger partial charge in [0.1, 0.15) is 0 Å². The summed E-state index contributed by atoms with van der Waals surface area (Å²) in [6.45, 7) is 1.64. The summed E-state index contributed by atoms with van der Waals surface area (Å²) >= 11 is 0. The molecule has 1 aromatic carbocycles. The molecule has 0 bridgehead atoms. The average Bonchev–Trinajstić information content (AvgIpc) is 2.24. The van der Waals surface area contributed by atoms with Gasteiger partial charge in [0.05, 0.1) is 13.5 Å². The van der Waals surface area contributed by atoms with Crippen molar-refractivity contribution in [1.29, 1.82) is 0 Å². The molecule has 1 aromatic rings. The first-order chi connectivity index (χ1) is 7.45. The van der Waals surface area contributed by atoms with E-state index in [1.54, 1.807) is 6.92 Å². The number of phenols is 1. The number of hydrogen-bond acceptors (Lipinski definition) is 3. The van der Waals surface area contributed by atoms with Crippen LogP contribution in [0.2, 0.25) is 0 Å². The lowest BCUT2D eigenvalue weighted by Crippen LogP contribution is -2.06. The van der Waals surface area contributed by atoms with Gasteiger partial charge in [0.2, 0.25) is 0 Å². The van der Waals surface area contributed by atoms with Gasteiger partial charge in [-0.3, -0.25) is 4.79 Å². The van der Waals surface area contributed by atoms with Crippen molar-refractivity contribution in [3.8, 4) is 5.75 Å². The molecule has 88 valence electrons. The van der Waals surface area contributed by atoms with Crippen LogP contribution in [0.3, 0.4) is 0 Å². The maximum Gasteiger partial charge on any atom is 0.306 e. The summed E-state index contributed by atoms with van der Waals surface area (Å²) in [5.41, 5.74) is 0.304. The third kappa shape index (κ3) is 2.68. The Morgan fingerprint density at radius 1 is 1.44 bits per heavy atom. The minimum Gasteiger partial charge on any atom is -0.503 e. The number of ether oxygens (including phenoxy) is 1. The molecule has 0 spiro atoms. The largest absolute Gasteiger partial charge is 0.503 e. The van der Waals surface area contributed by atoms with E-state index in [0.717, 1.165) is 12.1 Å². The van der Waals surface area contributed by atoms with Gasteiger partial charge in [-0.25, -0.2) is 8.78 Å². The molecule has 3 nitrogen and oxygen atoms in total. The number of aromatic hydroxyl groups is 1. The van der Waals surface area contributed by atoms with Crippen molar-refractivity contribution in [2.75, 3.05) is 7.11 Å². The van der Waals surface area contributed by atoms with Crippen LogP contribution >= 0.6 is 0 Å². The van der Waals surface area contributed by atoms with Gasteiger partial charge in [-0.2, -0.15) is 0 Å². The molecule has 0 aliphatic heterocycles. The molecular formula is C11H12F2O3. The fourth-order valence-electron chi connectivity index (χ4n) is 1.32. The molecule has 0 fully saturated rings. The van der Waals surface area contributed by atoms with E-state index in [1.807, 2.05) is 0 Å². The van der Waals surface area contributed by atoms with Crippen LogP contribution in [0.15, 0.2) is 12.1 Å². The molecule has 0 aromatic heterocycles. The molecule has 1 unspecified atom stereocenters. The molecule has 0 aliphatic carbocycles. The maximum atomic E-state index is 13.0. The third-order valence-electron chi connectivity index (χ3n) is 2.31. The first-order valence-corrected chi connectivity index (χ1v) is 4.70. The van der Waals surface area contributed by atoms with Crippen LogP contribution < -0.4 is 0 Å². The molecule has 0 amide bonds. The van der Waals surface area contributed by atoms with Crippen molar-refractivity contribution in [3.05, 3.63) is 29.3 Å². The predicted octanol–water partition coefficient (Wildman–Crippen LogP) is 2.34. The van der Waals surface area contributed by atoms with Crippen molar-refractivity contribution in [2.24, 2.45) is 0 Å². The van der Waals surface area contributed by atoms with E-state index in [0.29, 0.717) is 5.56 Å². The van der Waals surface area contributed by atoms with E-state index in [9.17, 15) is 13.6 Å². The van der Waals surface area contributed by atoms with Gasteiger partial charge < -0.3 is 9.84 Å². The van der Waals surface area contributed by atoms with Gasteiger partial charge in [0.25, 0.3) is 0 Å². The molecule has 5 heteroatoms. The Balaban J connectivity index is 2.92. The van der Waals surface area contributed by atoms with Crippen LogP contribution in [0.1, 0.15) is 24.8 Å². The number of halogens is 2. The van der Waals surface area contributed by atoms with Crippen LogP contribution in [0, 0.1) is 11.6 Å². The minimum atomic E-state index is -1.04. The fourth-order valence-corrected chi connectivity index (χ4v) is 1.32. The highest BCUT2D eigenvalue weighted by Gasteiger charge is 2.16. The highest BCUT2D eigenvalue weighted by Crippen LogP contribution is 2.27. The number of benzene rings is 1. The van der Waals surface area contributed by atoms with Crippen molar-refractivity contribution < 1.29 is 23.4 Å². The molecule has 0 heterocycles. The SMILES string of the molecule is COC(=O)CC(C)c1cc(F)c(O)c(F)c1. The number of methoxy groups -OCH3 is 1. The predicted molar refractivity (Wildman–Crippen MR) is 53.1 cm³/mol. The highest BCUT2D eigenvalue weighted by molar-refractivity contribution is 5.70. The quantitative estimate of drug-likeness (QED) is 0.810. The molecule has 1 N–H and O–H groups in total. The number of esters is 1. The van der Waals surface area contributed by atoms with Gasteiger partial charge in [0.15, 0.2) is 17.4 Å². The second-order valence-electron chi connectivity index (χ2n) is 3.51. The fraction of sp³-hybridized carbons (Fsp3) is 0.364. The van der Waals surface area contributed by atoms with E-state index in [1.165, 1.54) is 7.11 Å². The second-order valence-corrected chi connectivity index (χ2v) is 3.51. The molecule has 1 atom stereocenters. The van der Waals surface area contributed by atoms with Crippen LogP contribution in [0.4, 0.5) is 8.78 Å². The Kier molecular flexibility index (Phi) is 3.82. The first-order valence-electron chi connectivity index (χ1n) is 4.70. The number of carbonyl (C=O) groups is 1. The molecular weight excluding hydrogens is 218 g/mol. The molecule has 0 aliphatic rings. The Morgan fingerprint density at radius 3 is 2.38 bits per heavy atom. The van der Waals surface area contributed by atoms with Crippen LogP contribution in [-0.2, 0) is 9.53 Å². The second kappa shape index (κ2) is 4.92. The van der Waals surface area contributed by atoms with Gasteiger partial charge >= 0.3 is 5.97 Å². The van der Waals surface area contributed by atoms with Crippen molar-refractivity contribution in [2.45, 2.75) is 19.3 Å². The zero-order valence-electron chi connectivity index (χ0n) is 8.96. The summed E-state index contributed by atoms with van der Waals surface area (Å²) in [6, 6.07) is 2.01. The van der Waals surface area contributed by atoms with Crippen LogP contribution in [0.5, 0.6) is 5.75 Å². The van der Waals surface area contributed by atoms with E-state index in [4.69, 9.17) is 5.11 Å². The van der Waals surface area contributed by atoms with Crippen molar-refractivity contribution >= 4 is 5.97 Å². The number of carbonyl (C=O) groups excluding carboxylic acids is 1. The van der Waals surface area contributed by atoms with E-state index < -0.39 is 23.4 Å².